The third kappa shape index (κ3) is 3.72. The number of para-hydroxylation sites is 3. The molecule has 1 unspecified atom stereocenters. The second kappa shape index (κ2) is 7.01. The van der Waals surface area contributed by atoms with Crippen LogP contribution in [0.5, 0.6) is 11.5 Å². The third-order valence-corrected chi connectivity index (χ3v) is 3.57. The molecule has 1 atom stereocenters. The molecule has 0 amide bonds. The van der Waals surface area contributed by atoms with Crippen molar-refractivity contribution in [3.05, 3.63) is 60.7 Å². The minimum absolute atomic E-state index is 0.0143. The van der Waals surface area contributed by atoms with Gasteiger partial charge in [0.05, 0.1) is 19.2 Å². The molecule has 1 aromatic heterocycles. The number of nitrogens with zero attached hydrogens (tertiary/aromatic N) is 1. The van der Waals surface area contributed by atoms with Gasteiger partial charge in [-0.25, -0.2) is 4.98 Å². The molecule has 0 saturated carbocycles. The number of pyridine rings is 1. The highest BCUT2D eigenvalue weighted by molar-refractivity contribution is 5.80. The fourth-order valence-corrected chi connectivity index (χ4v) is 2.39. The lowest BCUT2D eigenvalue weighted by Crippen LogP contribution is -2.23. The normalized spacial score (nSPS) is 11.9. The summed E-state index contributed by atoms with van der Waals surface area (Å²) in [5, 5.41) is 4.45. The second-order valence-corrected chi connectivity index (χ2v) is 5.35. The van der Waals surface area contributed by atoms with Crippen molar-refractivity contribution < 1.29 is 9.47 Å². The molecule has 118 valence electrons. The highest BCUT2D eigenvalue weighted by Gasteiger charge is 2.08. The van der Waals surface area contributed by atoms with Crippen molar-refractivity contribution in [2.24, 2.45) is 0 Å². The summed E-state index contributed by atoms with van der Waals surface area (Å²) in [6.45, 7) is 2.67. The van der Waals surface area contributed by atoms with Crippen molar-refractivity contribution in [2.45, 2.75) is 13.0 Å². The Bertz CT molecular complexity index is 789. The summed E-state index contributed by atoms with van der Waals surface area (Å²) in [6.07, 6.45) is -0.0143. The van der Waals surface area contributed by atoms with Crippen LogP contribution in [0, 0.1) is 0 Å². The lowest BCUT2D eigenvalue weighted by Gasteiger charge is -2.17. The molecule has 4 heteroatoms. The van der Waals surface area contributed by atoms with Crippen LogP contribution in [-0.2, 0) is 0 Å². The number of aromatic nitrogens is 1. The lowest BCUT2D eigenvalue weighted by atomic mass is 10.2. The van der Waals surface area contributed by atoms with Gasteiger partial charge in [0.1, 0.15) is 11.9 Å². The van der Waals surface area contributed by atoms with Gasteiger partial charge in [-0.1, -0.05) is 30.3 Å². The largest absolute Gasteiger partial charge is 0.493 e. The Morgan fingerprint density at radius 3 is 2.52 bits per heavy atom. The van der Waals surface area contributed by atoms with Crippen molar-refractivity contribution in [1.82, 2.24) is 4.98 Å². The highest BCUT2D eigenvalue weighted by atomic mass is 16.5. The predicted octanol–water partition coefficient (Wildman–Crippen LogP) is 4.12. The van der Waals surface area contributed by atoms with Gasteiger partial charge < -0.3 is 14.8 Å². The van der Waals surface area contributed by atoms with Gasteiger partial charge in [-0.15, -0.1) is 0 Å². The summed E-state index contributed by atoms with van der Waals surface area (Å²) in [7, 11) is 1.64. The van der Waals surface area contributed by atoms with Gasteiger partial charge >= 0.3 is 0 Å². The molecule has 3 rings (SSSR count). The zero-order chi connectivity index (χ0) is 16.1. The molecule has 0 saturated heterocycles. The summed E-state index contributed by atoms with van der Waals surface area (Å²) < 4.78 is 11.2. The Hall–Kier alpha value is -2.75. The maximum Gasteiger partial charge on any atom is 0.161 e. The third-order valence-electron chi connectivity index (χ3n) is 3.57. The molecular weight excluding hydrogens is 288 g/mol. The molecule has 3 aromatic rings. The minimum Gasteiger partial charge on any atom is -0.493 e. The average molecular weight is 308 g/mol. The first-order valence-electron chi connectivity index (χ1n) is 7.65. The van der Waals surface area contributed by atoms with E-state index in [-0.39, 0.29) is 6.10 Å². The number of rotatable bonds is 6. The van der Waals surface area contributed by atoms with Gasteiger partial charge in [0, 0.05) is 5.39 Å². The van der Waals surface area contributed by atoms with Crippen LogP contribution in [0.4, 0.5) is 5.82 Å². The number of hydrogen-bond donors (Lipinski definition) is 1. The summed E-state index contributed by atoms with van der Waals surface area (Å²) in [5.74, 6) is 2.33. The van der Waals surface area contributed by atoms with Crippen molar-refractivity contribution in [1.29, 1.82) is 0 Å². The fourth-order valence-electron chi connectivity index (χ4n) is 2.39. The molecule has 0 aliphatic carbocycles. The van der Waals surface area contributed by atoms with E-state index in [0.29, 0.717) is 6.54 Å². The maximum absolute atomic E-state index is 5.93. The van der Waals surface area contributed by atoms with E-state index in [1.54, 1.807) is 7.11 Å². The molecule has 23 heavy (non-hydrogen) atoms. The van der Waals surface area contributed by atoms with Crippen LogP contribution < -0.4 is 14.8 Å². The molecule has 0 fully saturated rings. The summed E-state index contributed by atoms with van der Waals surface area (Å²) >= 11 is 0. The van der Waals surface area contributed by atoms with Crippen LogP contribution in [0.2, 0.25) is 0 Å². The van der Waals surface area contributed by atoms with E-state index in [0.717, 1.165) is 28.2 Å². The van der Waals surface area contributed by atoms with E-state index >= 15 is 0 Å². The first-order valence-corrected chi connectivity index (χ1v) is 7.65. The standard InChI is InChI=1S/C19H20N2O2/c1-14(23-18-10-6-5-9-17(18)22-2)13-20-19-12-11-15-7-3-4-8-16(15)21-19/h3-12,14H,13H2,1-2H3,(H,20,21). The van der Waals surface area contributed by atoms with Crippen LogP contribution in [0.15, 0.2) is 60.7 Å². The van der Waals surface area contributed by atoms with Gasteiger partial charge in [0.25, 0.3) is 0 Å². The molecule has 2 aromatic carbocycles. The molecule has 0 aliphatic rings. The zero-order valence-electron chi connectivity index (χ0n) is 13.3. The summed E-state index contributed by atoms with van der Waals surface area (Å²) in [6, 6.07) is 19.8. The zero-order valence-corrected chi connectivity index (χ0v) is 13.3. The topological polar surface area (TPSA) is 43.4 Å². The number of fused-ring (bicyclic) bond motifs is 1. The number of ether oxygens (including phenoxy) is 2. The van der Waals surface area contributed by atoms with Gasteiger partial charge in [0.15, 0.2) is 11.5 Å². The van der Waals surface area contributed by atoms with Crippen molar-refractivity contribution >= 4 is 16.7 Å². The van der Waals surface area contributed by atoms with Crippen LogP contribution in [0.1, 0.15) is 6.92 Å². The van der Waals surface area contributed by atoms with E-state index in [2.05, 4.69) is 22.4 Å². The second-order valence-electron chi connectivity index (χ2n) is 5.35. The van der Waals surface area contributed by atoms with Crippen LogP contribution in [0.25, 0.3) is 10.9 Å². The van der Waals surface area contributed by atoms with E-state index in [1.165, 1.54) is 0 Å². The number of hydrogen-bond acceptors (Lipinski definition) is 4. The van der Waals surface area contributed by atoms with Gasteiger partial charge in [-0.2, -0.15) is 0 Å². The molecule has 1 heterocycles. The molecule has 0 radical (unpaired) electrons. The number of methoxy groups -OCH3 is 1. The Morgan fingerprint density at radius 2 is 1.70 bits per heavy atom. The van der Waals surface area contributed by atoms with E-state index in [1.807, 2.05) is 55.5 Å². The van der Waals surface area contributed by atoms with Crippen LogP contribution in [0.3, 0.4) is 0 Å². The monoisotopic (exact) mass is 308 g/mol. The quantitative estimate of drug-likeness (QED) is 0.744. The molecule has 1 N–H and O–H groups in total. The van der Waals surface area contributed by atoms with E-state index < -0.39 is 0 Å². The molecule has 0 aliphatic heterocycles. The molecular formula is C19H20N2O2. The average Bonchev–Trinajstić information content (AvgIpc) is 2.60. The lowest BCUT2D eigenvalue weighted by molar-refractivity contribution is 0.223. The predicted molar refractivity (Wildman–Crippen MR) is 93.3 cm³/mol. The number of anilines is 1. The van der Waals surface area contributed by atoms with E-state index in [9.17, 15) is 0 Å². The highest BCUT2D eigenvalue weighted by Crippen LogP contribution is 2.26. The fraction of sp³-hybridized carbons (Fsp3) is 0.211. The first kappa shape index (κ1) is 15.2. The summed E-state index contributed by atoms with van der Waals surface area (Å²) in [5.41, 5.74) is 0.982. The SMILES string of the molecule is COc1ccccc1OC(C)CNc1ccc2ccccc2n1. The maximum atomic E-state index is 5.93. The van der Waals surface area contributed by atoms with Crippen molar-refractivity contribution in [2.75, 3.05) is 19.0 Å². The van der Waals surface area contributed by atoms with Crippen LogP contribution in [-0.4, -0.2) is 24.7 Å². The summed E-state index contributed by atoms with van der Waals surface area (Å²) in [4.78, 5) is 4.60. The van der Waals surface area contributed by atoms with Gasteiger partial charge in [-0.05, 0) is 37.3 Å². The number of benzene rings is 2. The van der Waals surface area contributed by atoms with E-state index in [4.69, 9.17) is 9.47 Å². The molecule has 0 spiro atoms. The Kier molecular flexibility index (Phi) is 4.62. The first-order chi connectivity index (χ1) is 11.3. The molecule has 4 nitrogen and oxygen atoms in total. The van der Waals surface area contributed by atoms with Crippen molar-refractivity contribution in [3.63, 3.8) is 0 Å². The minimum atomic E-state index is -0.0143. The van der Waals surface area contributed by atoms with Gasteiger partial charge in [0.2, 0.25) is 0 Å². The Labute approximate surface area is 136 Å². The van der Waals surface area contributed by atoms with Crippen LogP contribution >= 0.6 is 0 Å². The smallest absolute Gasteiger partial charge is 0.161 e. The number of nitrogens with one attached hydrogen (secondary N) is 1. The van der Waals surface area contributed by atoms with Gasteiger partial charge in [-0.3, -0.25) is 0 Å². The molecule has 0 bridgehead atoms. The Morgan fingerprint density at radius 1 is 0.957 bits per heavy atom. The Balaban J connectivity index is 1.62. The van der Waals surface area contributed by atoms with Crippen molar-refractivity contribution in [3.8, 4) is 11.5 Å².